The van der Waals surface area contributed by atoms with Gasteiger partial charge in [-0.25, -0.2) is 14.8 Å². The van der Waals surface area contributed by atoms with Crippen LogP contribution < -0.4 is 4.90 Å². The normalized spacial score (nSPS) is 26.0. The Morgan fingerprint density at radius 3 is 2.53 bits per heavy atom. The van der Waals surface area contributed by atoms with Crippen LogP contribution in [-0.2, 0) is 9.53 Å². The van der Waals surface area contributed by atoms with Crippen molar-refractivity contribution in [2.45, 2.75) is 25.0 Å². The summed E-state index contributed by atoms with van der Waals surface area (Å²) < 4.78 is 5.76. The molecule has 3 heterocycles. The molecule has 100 valence electrons. The Kier molecular flexibility index (Phi) is 3.16. The number of anilines is 1. The second-order valence-electron chi connectivity index (χ2n) is 4.85. The largest absolute Gasteiger partial charge is 0.478 e. The molecule has 0 aromatic carbocycles. The van der Waals surface area contributed by atoms with Gasteiger partial charge in [-0.2, -0.15) is 0 Å². The van der Waals surface area contributed by atoms with Crippen LogP contribution in [0.3, 0.4) is 0 Å². The van der Waals surface area contributed by atoms with Crippen molar-refractivity contribution < 1.29 is 14.6 Å². The second-order valence-corrected chi connectivity index (χ2v) is 4.85. The van der Waals surface area contributed by atoms with Crippen molar-refractivity contribution in [3.8, 4) is 0 Å². The molecule has 0 radical (unpaired) electrons. The molecule has 2 fully saturated rings. The van der Waals surface area contributed by atoms with Crippen molar-refractivity contribution >= 4 is 18.0 Å². The molecule has 2 aliphatic heterocycles. The van der Waals surface area contributed by atoms with E-state index in [1.54, 1.807) is 12.4 Å². The molecule has 2 unspecified atom stereocenters. The van der Waals surface area contributed by atoms with E-state index in [1.807, 2.05) is 0 Å². The average molecular weight is 261 g/mol. The van der Waals surface area contributed by atoms with Gasteiger partial charge in [0.1, 0.15) is 0 Å². The highest BCUT2D eigenvalue weighted by Crippen LogP contribution is 2.27. The molecule has 0 saturated carbocycles. The number of carboxylic acids is 1. The highest BCUT2D eigenvalue weighted by Gasteiger charge is 2.34. The molecule has 1 aromatic rings. The van der Waals surface area contributed by atoms with Crippen molar-refractivity contribution in [3.05, 3.63) is 24.0 Å². The predicted molar refractivity (Wildman–Crippen MR) is 68.8 cm³/mol. The van der Waals surface area contributed by atoms with Crippen LogP contribution in [-0.4, -0.2) is 46.3 Å². The summed E-state index contributed by atoms with van der Waals surface area (Å²) in [6, 6.07) is 0. The lowest BCUT2D eigenvalue weighted by Crippen LogP contribution is -2.43. The van der Waals surface area contributed by atoms with Gasteiger partial charge < -0.3 is 14.7 Å². The highest BCUT2D eigenvalue weighted by atomic mass is 16.5. The van der Waals surface area contributed by atoms with E-state index in [4.69, 9.17) is 9.84 Å². The molecular weight excluding hydrogens is 246 g/mol. The van der Waals surface area contributed by atoms with Crippen molar-refractivity contribution in [2.75, 3.05) is 18.0 Å². The average Bonchev–Trinajstić information content (AvgIpc) is 2.76. The number of hydrogen-bond acceptors (Lipinski definition) is 5. The maximum absolute atomic E-state index is 10.4. The summed E-state index contributed by atoms with van der Waals surface area (Å²) in [6.07, 6.45) is 8.66. The van der Waals surface area contributed by atoms with Crippen LogP contribution in [0.5, 0.6) is 0 Å². The third-order valence-corrected chi connectivity index (χ3v) is 3.40. The smallest absolute Gasteiger partial charge is 0.328 e. The zero-order valence-electron chi connectivity index (χ0n) is 10.4. The molecule has 3 rings (SSSR count). The Labute approximate surface area is 110 Å². The number of rotatable bonds is 3. The van der Waals surface area contributed by atoms with Gasteiger partial charge in [-0.3, -0.25) is 0 Å². The zero-order valence-corrected chi connectivity index (χ0v) is 10.4. The van der Waals surface area contributed by atoms with Gasteiger partial charge in [0.15, 0.2) is 0 Å². The number of aliphatic carboxylic acids is 1. The predicted octanol–water partition coefficient (Wildman–Crippen LogP) is 0.942. The summed E-state index contributed by atoms with van der Waals surface area (Å²) in [5.74, 6) is -0.290. The van der Waals surface area contributed by atoms with Crippen LogP contribution in [0.1, 0.15) is 18.4 Å². The lowest BCUT2D eigenvalue weighted by atomic mass is 10.2. The molecular formula is C13H15N3O3. The fraction of sp³-hybridized carbons (Fsp3) is 0.462. The molecule has 6 nitrogen and oxygen atoms in total. The lowest BCUT2D eigenvalue weighted by Gasteiger charge is -2.31. The lowest BCUT2D eigenvalue weighted by molar-refractivity contribution is -0.131. The number of nitrogens with zero attached hydrogens (tertiary/aromatic N) is 3. The second kappa shape index (κ2) is 4.97. The molecule has 2 atom stereocenters. The summed E-state index contributed by atoms with van der Waals surface area (Å²) >= 11 is 0. The molecule has 1 N–H and O–H groups in total. The number of aromatic nitrogens is 2. The molecule has 0 spiro atoms. The number of carbonyl (C=O) groups is 1. The molecule has 2 bridgehead atoms. The summed E-state index contributed by atoms with van der Waals surface area (Å²) in [5.41, 5.74) is 0.683. The van der Waals surface area contributed by atoms with Gasteiger partial charge in [-0.05, 0) is 18.9 Å². The molecule has 0 amide bonds. The third-order valence-electron chi connectivity index (χ3n) is 3.40. The standard InChI is InChI=1S/C13H15N3O3/c17-12(18)4-1-9-5-14-13(15-6-9)16-7-10-2-3-11(8-16)19-10/h1,4-6,10-11H,2-3,7-8H2,(H,17,18)/b4-1+. The van der Waals surface area contributed by atoms with Crippen LogP contribution in [0, 0.1) is 0 Å². The van der Waals surface area contributed by atoms with Crippen molar-refractivity contribution in [1.82, 2.24) is 9.97 Å². The Balaban J connectivity index is 1.70. The van der Waals surface area contributed by atoms with Crippen LogP contribution in [0.25, 0.3) is 6.08 Å². The van der Waals surface area contributed by atoms with Gasteiger partial charge in [0.05, 0.1) is 12.2 Å². The van der Waals surface area contributed by atoms with Gasteiger partial charge in [-0.15, -0.1) is 0 Å². The van der Waals surface area contributed by atoms with Crippen LogP contribution in [0.2, 0.25) is 0 Å². The van der Waals surface area contributed by atoms with Crippen molar-refractivity contribution in [3.63, 3.8) is 0 Å². The highest BCUT2D eigenvalue weighted by molar-refractivity contribution is 5.85. The Morgan fingerprint density at radius 1 is 1.32 bits per heavy atom. The van der Waals surface area contributed by atoms with E-state index in [9.17, 15) is 4.79 Å². The van der Waals surface area contributed by atoms with Crippen molar-refractivity contribution in [1.29, 1.82) is 0 Å². The number of ether oxygens (including phenoxy) is 1. The SMILES string of the molecule is O=C(O)/C=C/c1cnc(N2CC3CCC(C2)O3)nc1. The first kappa shape index (κ1) is 12.1. The summed E-state index contributed by atoms with van der Waals surface area (Å²) in [5, 5.41) is 8.55. The van der Waals surface area contributed by atoms with E-state index < -0.39 is 5.97 Å². The van der Waals surface area contributed by atoms with Crippen molar-refractivity contribution in [2.24, 2.45) is 0 Å². The Hall–Kier alpha value is -1.95. The van der Waals surface area contributed by atoms with E-state index >= 15 is 0 Å². The maximum Gasteiger partial charge on any atom is 0.328 e. The van der Waals surface area contributed by atoms with Gasteiger partial charge in [0.25, 0.3) is 0 Å². The van der Waals surface area contributed by atoms with E-state index in [1.165, 1.54) is 6.08 Å². The fourth-order valence-corrected chi connectivity index (χ4v) is 2.53. The minimum absolute atomic E-state index is 0.300. The monoisotopic (exact) mass is 261 g/mol. The molecule has 6 heteroatoms. The topological polar surface area (TPSA) is 75.5 Å². The first-order valence-electron chi connectivity index (χ1n) is 6.34. The van der Waals surface area contributed by atoms with Crippen LogP contribution in [0.4, 0.5) is 5.95 Å². The number of hydrogen-bond donors (Lipinski definition) is 1. The quantitative estimate of drug-likeness (QED) is 0.816. The van der Waals surface area contributed by atoms with E-state index in [0.717, 1.165) is 32.0 Å². The van der Waals surface area contributed by atoms with E-state index in [2.05, 4.69) is 14.9 Å². The molecule has 0 aliphatic carbocycles. The summed E-state index contributed by atoms with van der Waals surface area (Å²) in [4.78, 5) is 21.1. The van der Waals surface area contributed by atoms with E-state index in [-0.39, 0.29) is 0 Å². The fourth-order valence-electron chi connectivity index (χ4n) is 2.53. The van der Waals surface area contributed by atoms with Gasteiger partial charge in [-0.1, -0.05) is 0 Å². The minimum atomic E-state index is -0.978. The number of morpholine rings is 1. The molecule has 1 aromatic heterocycles. The maximum atomic E-state index is 10.4. The number of carboxylic acid groups (broad SMARTS) is 1. The molecule has 19 heavy (non-hydrogen) atoms. The van der Waals surface area contributed by atoms with Crippen LogP contribution >= 0.6 is 0 Å². The zero-order chi connectivity index (χ0) is 13.2. The third kappa shape index (κ3) is 2.73. The first-order chi connectivity index (χ1) is 9.20. The summed E-state index contributed by atoms with van der Waals surface area (Å²) in [7, 11) is 0. The Morgan fingerprint density at radius 2 is 1.95 bits per heavy atom. The summed E-state index contributed by atoms with van der Waals surface area (Å²) in [6.45, 7) is 1.67. The first-order valence-corrected chi connectivity index (χ1v) is 6.34. The molecule has 2 aliphatic rings. The Bertz CT molecular complexity index is 488. The minimum Gasteiger partial charge on any atom is -0.478 e. The van der Waals surface area contributed by atoms with Gasteiger partial charge in [0.2, 0.25) is 5.95 Å². The van der Waals surface area contributed by atoms with E-state index in [0.29, 0.717) is 23.7 Å². The van der Waals surface area contributed by atoms with Crippen LogP contribution in [0.15, 0.2) is 18.5 Å². The number of fused-ring (bicyclic) bond motifs is 2. The van der Waals surface area contributed by atoms with Gasteiger partial charge in [0, 0.05) is 37.1 Å². The molecule has 2 saturated heterocycles. The van der Waals surface area contributed by atoms with Gasteiger partial charge >= 0.3 is 5.97 Å².